The summed E-state index contributed by atoms with van der Waals surface area (Å²) in [6, 6.07) is 15.1. The molecule has 4 nitrogen and oxygen atoms in total. The van der Waals surface area contributed by atoms with Gasteiger partial charge in [0.1, 0.15) is 6.04 Å². The second-order valence-corrected chi connectivity index (χ2v) is 9.23. The molecule has 1 N–H and O–H groups in total. The quantitative estimate of drug-likeness (QED) is 0.529. The maximum atomic E-state index is 13.2. The fraction of sp³-hybridized carbons (Fsp3) is 0.417. The van der Waals surface area contributed by atoms with Crippen molar-refractivity contribution in [1.82, 2.24) is 10.2 Å². The lowest BCUT2D eigenvalue weighted by atomic mass is 10.1. The molecule has 2 amide bonds. The molecule has 0 heterocycles. The Morgan fingerprint density at radius 3 is 2.60 bits per heavy atom. The van der Waals surface area contributed by atoms with Gasteiger partial charge in [-0.25, -0.2) is 0 Å². The van der Waals surface area contributed by atoms with Crippen molar-refractivity contribution in [3.63, 3.8) is 0 Å². The van der Waals surface area contributed by atoms with Crippen molar-refractivity contribution >= 4 is 39.3 Å². The van der Waals surface area contributed by atoms with Gasteiger partial charge in [0.05, 0.1) is 0 Å². The molecule has 0 unspecified atom stereocenters. The first-order valence-electron chi connectivity index (χ1n) is 10.5. The Kier molecular flexibility index (Phi) is 8.34. The molecule has 1 atom stereocenters. The first-order chi connectivity index (χ1) is 14.4. The molecular weight excluding hydrogens is 464 g/mol. The standard InChI is InChI=1S/C24H28BrClN2O2/c1-17(24(30)27-21-10-3-4-11-21)28(16-18-7-6-9-20(25)15-18)23(29)14-13-19-8-2-5-12-22(19)26/h2,5-9,12,15,17,21H,3-4,10-11,13-14,16H2,1H3,(H,27,30)/t17-/m1/s1. The summed E-state index contributed by atoms with van der Waals surface area (Å²) in [5.74, 6) is -0.132. The summed E-state index contributed by atoms with van der Waals surface area (Å²) in [6.45, 7) is 2.20. The van der Waals surface area contributed by atoms with E-state index in [0.29, 0.717) is 24.4 Å². The van der Waals surface area contributed by atoms with Gasteiger partial charge in [-0.15, -0.1) is 0 Å². The molecule has 0 bridgehead atoms. The van der Waals surface area contributed by atoms with Crippen LogP contribution in [0, 0.1) is 0 Å². The van der Waals surface area contributed by atoms with E-state index in [1.165, 1.54) is 0 Å². The summed E-state index contributed by atoms with van der Waals surface area (Å²) < 4.78 is 0.950. The lowest BCUT2D eigenvalue weighted by Gasteiger charge is -2.30. The Morgan fingerprint density at radius 1 is 1.17 bits per heavy atom. The molecule has 0 saturated heterocycles. The Bertz CT molecular complexity index is 883. The zero-order valence-corrected chi connectivity index (χ0v) is 19.6. The van der Waals surface area contributed by atoms with Crippen LogP contribution in [0.5, 0.6) is 0 Å². The van der Waals surface area contributed by atoms with Gasteiger partial charge in [-0.1, -0.05) is 70.7 Å². The first-order valence-corrected chi connectivity index (χ1v) is 11.7. The minimum absolute atomic E-state index is 0.0519. The Hall–Kier alpha value is -1.85. The smallest absolute Gasteiger partial charge is 0.242 e. The Balaban J connectivity index is 1.72. The zero-order valence-electron chi connectivity index (χ0n) is 17.2. The van der Waals surface area contributed by atoms with E-state index in [-0.39, 0.29) is 17.9 Å². The van der Waals surface area contributed by atoms with E-state index in [9.17, 15) is 9.59 Å². The van der Waals surface area contributed by atoms with Gasteiger partial charge < -0.3 is 10.2 Å². The fourth-order valence-electron chi connectivity index (χ4n) is 3.89. The topological polar surface area (TPSA) is 49.4 Å². The van der Waals surface area contributed by atoms with Gasteiger partial charge in [0.2, 0.25) is 11.8 Å². The van der Waals surface area contributed by atoms with E-state index < -0.39 is 6.04 Å². The van der Waals surface area contributed by atoms with E-state index >= 15 is 0 Å². The minimum Gasteiger partial charge on any atom is -0.352 e. The summed E-state index contributed by atoms with van der Waals surface area (Å²) in [7, 11) is 0. The third-order valence-corrected chi connectivity index (χ3v) is 6.54. The predicted molar refractivity (Wildman–Crippen MR) is 124 cm³/mol. The Labute approximate surface area is 192 Å². The summed E-state index contributed by atoms with van der Waals surface area (Å²) in [5.41, 5.74) is 1.92. The number of aryl methyl sites for hydroxylation is 1. The summed E-state index contributed by atoms with van der Waals surface area (Å²) in [4.78, 5) is 27.8. The third-order valence-electron chi connectivity index (χ3n) is 5.68. The number of carbonyl (C=O) groups excluding carboxylic acids is 2. The molecule has 1 fully saturated rings. The highest BCUT2D eigenvalue weighted by molar-refractivity contribution is 9.10. The molecule has 3 rings (SSSR count). The number of rotatable bonds is 8. The van der Waals surface area contributed by atoms with Crippen molar-refractivity contribution in [3.05, 3.63) is 69.2 Å². The van der Waals surface area contributed by atoms with E-state index in [1.54, 1.807) is 4.90 Å². The molecule has 0 aromatic heterocycles. The summed E-state index contributed by atoms with van der Waals surface area (Å²) >= 11 is 9.73. The van der Waals surface area contributed by atoms with Crippen LogP contribution in [0.15, 0.2) is 53.0 Å². The summed E-state index contributed by atoms with van der Waals surface area (Å²) in [6.07, 6.45) is 5.19. The monoisotopic (exact) mass is 490 g/mol. The van der Waals surface area contributed by atoms with Gasteiger partial charge in [-0.05, 0) is 55.5 Å². The van der Waals surface area contributed by atoms with Gasteiger partial charge in [-0.3, -0.25) is 9.59 Å². The van der Waals surface area contributed by atoms with Crippen molar-refractivity contribution in [2.45, 2.75) is 64.1 Å². The van der Waals surface area contributed by atoms with Crippen LogP contribution < -0.4 is 5.32 Å². The molecule has 1 aliphatic rings. The van der Waals surface area contributed by atoms with E-state index in [1.807, 2.05) is 55.5 Å². The number of amides is 2. The number of hydrogen-bond donors (Lipinski definition) is 1. The molecular formula is C24H28BrClN2O2. The van der Waals surface area contributed by atoms with Crippen molar-refractivity contribution < 1.29 is 9.59 Å². The van der Waals surface area contributed by atoms with Gasteiger partial charge in [-0.2, -0.15) is 0 Å². The van der Waals surface area contributed by atoms with Gasteiger partial charge in [0, 0.05) is 28.5 Å². The molecule has 0 spiro atoms. The van der Waals surface area contributed by atoms with Crippen LogP contribution in [0.4, 0.5) is 0 Å². The normalized spacial score (nSPS) is 15.0. The van der Waals surface area contributed by atoms with Crippen molar-refractivity contribution in [2.75, 3.05) is 0 Å². The lowest BCUT2D eigenvalue weighted by Crippen LogP contribution is -2.49. The molecule has 6 heteroatoms. The van der Waals surface area contributed by atoms with Crippen LogP contribution in [0.3, 0.4) is 0 Å². The van der Waals surface area contributed by atoms with Gasteiger partial charge >= 0.3 is 0 Å². The average molecular weight is 492 g/mol. The lowest BCUT2D eigenvalue weighted by molar-refractivity contribution is -0.140. The number of hydrogen-bond acceptors (Lipinski definition) is 2. The van der Waals surface area contributed by atoms with Gasteiger partial charge in [0.25, 0.3) is 0 Å². The maximum Gasteiger partial charge on any atom is 0.242 e. The number of nitrogens with zero attached hydrogens (tertiary/aromatic N) is 1. The highest BCUT2D eigenvalue weighted by Gasteiger charge is 2.28. The van der Waals surface area contributed by atoms with Crippen molar-refractivity contribution in [2.24, 2.45) is 0 Å². The SMILES string of the molecule is C[C@H](C(=O)NC1CCCC1)N(Cc1cccc(Br)c1)C(=O)CCc1ccccc1Cl. The third kappa shape index (κ3) is 6.32. The van der Waals surface area contributed by atoms with Crippen molar-refractivity contribution in [3.8, 4) is 0 Å². The number of carbonyl (C=O) groups is 2. The molecule has 0 aliphatic heterocycles. The fourth-order valence-corrected chi connectivity index (χ4v) is 4.57. The van der Waals surface area contributed by atoms with Crippen LogP contribution in [0.25, 0.3) is 0 Å². The minimum atomic E-state index is -0.539. The molecule has 2 aromatic carbocycles. The largest absolute Gasteiger partial charge is 0.352 e. The van der Waals surface area contributed by atoms with Crippen LogP contribution in [0.2, 0.25) is 5.02 Å². The average Bonchev–Trinajstić information content (AvgIpc) is 3.24. The van der Waals surface area contributed by atoms with Crippen LogP contribution in [0.1, 0.15) is 50.2 Å². The molecule has 0 radical (unpaired) electrons. The number of nitrogens with one attached hydrogen (secondary N) is 1. The van der Waals surface area contributed by atoms with Crippen LogP contribution >= 0.6 is 27.5 Å². The number of benzene rings is 2. The number of halogens is 2. The second kappa shape index (κ2) is 11.0. The molecule has 160 valence electrons. The van der Waals surface area contributed by atoms with Crippen molar-refractivity contribution in [1.29, 1.82) is 0 Å². The highest BCUT2D eigenvalue weighted by atomic mass is 79.9. The van der Waals surface area contributed by atoms with E-state index in [2.05, 4.69) is 21.2 Å². The predicted octanol–water partition coefficient (Wildman–Crippen LogP) is 5.51. The first kappa shape index (κ1) is 22.8. The van der Waals surface area contributed by atoms with E-state index in [0.717, 1.165) is 41.3 Å². The molecule has 1 saturated carbocycles. The second-order valence-electron chi connectivity index (χ2n) is 7.91. The molecule has 2 aromatic rings. The Morgan fingerprint density at radius 2 is 1.90 bits per heavy atom. The summed E-state index contributed by atoms with van der Waals surface area (Å²) in [5, 5.41) is 3.79. The van der Waals surface area contributed by atoms with Gasteiger partial charge in [0.15, 0.2) is 0 Å². The van der Waals surface area contributed by atoms with E-state index in [4.69, 9.17) is 11.6 Å². The molecule has 1 aliphatic carbocycles. The maximum absolute atomic E-state index is 13.2. The zero-order chi connectivity index (χ0) is 21.5. The molecule has 30 heavy (non-hydrogen) atoms. The van der Waals surface area contributed by atoms with Crippen LogP contribution in [-0.2, 0) is 22.6 Å². The van der Waals surface area contributed by atoms with Crippen LogP contribution in [-0.4, -0.2) is 28.8 Å². The highest BCUT2D eigenvalue weighted by Crippen LogP contribution is 2.21.